The van der Waals surface area contributed by atoms with E-state index in [0.717, 1.165) is 0 Å². The van der Waals surface area contributed by atoms with Crippen molar-refractivity contribution in [3.05, 3.63) is 0 Å². The number of aliphatic carboxylic acids is 1. The van der Waals surface area contributed by atoms with Crippen LogP contribution >= 0.6 is 0 Å². The van der Waals surface area contributed by atoms with Gasteiger partial charge in [-0.25, -0.2) is 4.79 Å². The van der Waals surface area contributed by atoms with Crippen molar-refractivity contribution in [3.8, 4) is 0 Å². The minimum atomic E-state index is -1.02. The molecule has 2 N–H and O–H groups in total. The molecule has 98 valence electrons. The lowest BCUT2D eigenvalue weighted by molar-refractivity contribution is -0.153. The van der Waals surface area contributed by atoms with Crippen molar-refractivity contribution in [1.29, 1.82) is 0 Å². The molecule has 1 amide bonds. The maximum Gasteiger partial charge on any atom is 0.326 e. The Morgan fingerprint density at radius 1 is 1.47 bits per heavy atom. The summed E-state index contributed by atoms with van der Waals surface area (Å²) in [6.45, 7) is 4.68. The molecule has 1 aliphatic heterocycles. The lowest BCUT2D eigenvalue weighted by atomic mass is 9.99. The van der Waals surface area contributed by atoms with Crippen LogP contribution in [0.5, 0.6) is 0 Å². The molecule has 6 heteroatoms. The number of carboxylic acid groups (broad SMARTS) is 1. The number of amides is 1. The van der Waals surface area contributed by atoms with Crippen LogP contribution in [0.15, 0.2) is 0 Å². The molecule has 1 aliphatic rings. The highest BCUT2D eigenvalue weighted by molar-refractivity contribution is 5.86. The topological polar surface area (TPSA) is 84.9 Å². The maximum absolute atomic E-state index is 11.8. The lowest BCUT2D eigenvalue weighted by Crippen LogP contribution is -2.51. The molecule has 1 rings (SSSR count). The van der Waals surface area contributed by atoms with Gasteiger partial charge in [0.15, 0.2) is 6.10 Å². The zero-order chi connectivity index (χ0) is 12.8. The Morgan fingerprint density at radius 2 is 2.18 bits per heavy atom. The average molecular weight is 245 g/mol. The van der Waals surface area contributed by atoms with Crippen LogP contribution in [0.3, 0.4) is 0 Å². The highest BCUT2D eigenvalue weighted by Gasteiger charge is 2.30. The van der Waals surface area contributed by atoms with Gasteiger partial charge in [-0.05, 0) is 5.92 Å². The number of ether oxygens (including phenoxy) is 2. The molecule has 0 spiro atoms. The summed E-state index contributed by atoms with van der Waals surface area (Å²) in [6.07, 6.45) is -0.0196. The Morgan fingerprint density at radius 3 is 2.65 bits per heavy atom. The smallest absolute Gasteiger partial charge is 0.326 e. The molecule has 0 aliphatic carbocycles. The summed E-state index contributed by atoms with van der Waals surface area (Å²) in [7, 11) is 0. The van der Waals surface area contributed by atoms with Gasteiger partial charge in [0.2, 0.25) is 0 Å². The molecule has 2 unspecified atom stereocenters. The minimum absolute atomic E-state index is 0.124. The van der Waals surface area contributed by atoms with Gasteiger partial charge in [-0.3, -0.25) is 4.79 Å². The number of hydrogen-bond acceptors (Lipinski definition) is 4. The molecule has 1 fully saturated rings. The van der Waals surface area contributed by atoms with E-state index in [-0.39, 0.29) is 12.5 Å². The quantitative estimate of drug-likeness (QED) is 0.713. The molecule has 3 atom stereocenters. The Bertz CT molecular complexity index is 275. The molecule has 6 nitrogen and oxygen atoms in total. The number of rotatable bonds is 5. The van der Waals surface area contributed by atoms with Crippen LogP contribution in [0.4, 0.5) is 0 Å². The fourth-order valence-corrected chi connectivity index (χ4v) is 1.57. The Kier molecular flexibility index (Phi) is 5.37. The fraction of sp³-hybridized carbons (Fsp3) is 0.818. The SMILES string of the molecule is CCC(C)[C@H](NC(=O)C1COCCO1)C(=O)O. The molecule has 0 aromatic carbocycles. The number of carboxylic acids is 1. The third-order valence-corrected chi connectivity index (χ3v) is 2.89. The van der Waals surface area contributed by atoms with Crippen LogP contribution in [0.25, 0.3) is 0 Å². The molecule has 17 heavy (non-hydrogen) atoms. The van der Waals surface area contributed by atoms with Gasteiger partial charge >= 0.3 is 5.97 Å². The summed E-state index contributed by atoms with van der Waals surface area (Å²) >= 11 is 0. The molecule has 0 saturated carbocycles. The maximum atomic E-state index is 11.8. The predicted molar refractivity (Wildman–Crippen MR) is 59.6 cm³/mol. The second-order valence-corrected chi connectivity index (χ2v) is 4.14. The van der Waals surface area contributed by atoms with E-state index in [2.05, 4.69) is 5.32 Å². The van der Waals surface area contributed by atoms with Crippen LogP contribution in [0.1, 0.15) is 20.3 Å². The Hall–Kier alpha value is -1.14. The van der Waals surface area contributed by atoms with E-state index in [0.29, 0.717) is 19.6 Å². The summed E-state index contributed by atoms with van der Waals surface area (Å²) < 4.78 is 10.3. The second kappa shape index (κ2) is 6.56. The zero-order valence-electron chi connectivity index (χ0n) is 10.1. The van der Waals surface area contributed by atoms with Crippen LogP contribution in [0, 0.1) is 5.92 Å². The van der Waals surface area contributed by atoms with Gasteiger partial charge in [0, 0.05) is 0 Å². The molecule has 0 aromatic rings. The number of nitrogens with one attached hydrogen (secondary N) is 1. The van der Waals surface area contributed by atoms with Crippen molar-refractivity contribution in [2.24, 2.45) is 5.92 Å². The van der Waals surface area contributed by atoms with Gasteiger partial charge in [-0.15, -0.1) is 0 Å². The van der Waals surface area contributed by atoms with Gasteiger partial charge in [-0.2, -0.15) is 0 Å². The predicted octanol–water partition coefficient (Wildman–Crippen LogP) is 0.0173. The highest BCUT2D eigenvalue weighted by atomic mass is 16.6. The first-order valence-electron chi connectivity index (χ1n) is 5.78. The standard InChI is InChI=1S/C11H19NO5/c1-3-7(2)9(11(14)15)12-10(13)8-6-16-4-5-17-8/h7-9H,3-6H2,1-2H3,(H,12,13)(H,14,15)/t7?,8?,9-/m0/s1. The first-order valence-corrected chi connectivity index (χ1v) is 5.78. The summed E-state index contributed by atoms with van der Waals surface area (Å²) in [5, 5.41) is 11.5. The second-order valence-electron chi connectivity index (χ2n) is 4.14. The summed E-state index contributed by atoms with van der Waals surface area (Å²) in [6, 6.07) is -0.877. The van der Waals surface area contributed by atoms with Gasteiger partial charge < -0.3 is 19.9 Å². The highest BCUT2D eigenvalue weighted by Crippen LogP contribution is 2.09. The van der Waals surface area contributed by atoms with E-state index in [4.69, 9.17) is 14.6 Å². The number of carbonyl (C=O) groups is 2. The van der Waals surface area contributed by atoms with Gasteiger partial charge in [0.25, 0.3) is 5.91 Å². The Labute approximate surface area is 100 Å². The zero-order valence-corrected chi connectivity index (χ0v) is 10.1. The first-order chi connectivity index (χ1) is 8.06. The van der Waals surface area contributed by atoms with Crippen molar-refractivity contribution in [2.45, 2.75) is 32.4 Å². The summed E-state index contributed by atoms with van der Waals surface area (Å²) in [5.74, 6) is -1.57. The van der Waals surface area contributed by atoms with Gasteiger partial charge in [0.1, 0.15) is 6.04 Å². The van der Waals surface area contributed by atoms with Crippen molar-refractivity contribution >= 4 is 11.9 Å². The third-order valence-electron chi connectivity index (χ3n) is 2.89. The number of carbonyl (C=O) groups excluding carboxylic acids is 1. The largest absolute Gasteiger partial charge is 0.480 e. The van der Waals surface area contributed by atoms with Gasteiger partial charge in [0.05, 0.1) is 19.8 Å². The molecular weight excluding hydrogens is 226 g/mol. The minimum Gasteiger partial charge on any atom is -0.480 e. The third kappa shape index (κ3) is 3.98. The molecule has 1 heterocycles. The Balaban J connectivity index is 2.53. The lowest BCUT2D eigenvalue weighted by Gasteiger charge is -2.26. The van der Waals surface area contributed by atoms with Crippen LogP contribution in [-0.4, -0.2) is 48.9 Å². The van der Waals surface area contributed by atoms with E-state index >= 15 is 0 Å². The van der Waals surface area contributed by atoms with E-state index in [1.807, 2.05) is 6.92 Å². The normalized spacial score (nSPS) is 23.8. The molecule has 1 saturated heterocycles. The van der Waals surface area contributed by atoms with Crippen molar-refractivity contribution in [1.82, 2.24) is 5.32 Å². The molecule has 0 radical (unpaired) electrons. The van der Waals surface area contributed by atoms with Crippen molar-refractivity contribution in [3.63, 3.8) is 0 Å². The first kappa shape index (κ1) is 13.9. The summed E-state index contributed by atoms with van der Waals surface area (Å²) in [4.78, 5) is 22.8. The van der Waals surface area contributed by atoms with E-state index < -0.39 is 24.0 Å². The number of hydrogen-bond donors (Lipinski definition) is 2. The molecule has 0 bridgehead atoms. The average Bonchev–Trinajstić information content (AvgIpc) is 2.35. The van der Waals surface area contributed by atoms with Crippen molar-refractivity contribution < 1.29 is 24.2 Å². The van der Waals surface area contributed by atoms with E-state index in [9.17, 15) is 9.59 Å². The van der Waals surface area contributed by atoms with Crippen LogP contribution in [-0.2, 0) is 19.1 Å². The molecular formula is C11H19NO5. The van der Waals surface area contributed by atoms with Crippen molar-refractivity contribution in [2.75, 3.05) is 19.8 Å². The molecule has 0 aromatic heterocycles. The monoisotopic (exact) mass is 245 g/mol. The summed E-state index contributed by atoms with van der Waals surface area (Å²) in [5.41, 5.74) is 0. The van der Waals surface area contributed by atoms with Crippen LogP contribution < -0.4 is 5.32 Å². The fourth-order valence-electron chi connectivity index (χ4n) is 1.57. The van der Waals surface area contributed by atoms with E-state index in [1.165, 1.54) is 0 Å². The van der Waals surface area contributed by atoms with E-state index in [1.54, 1.807) is 6.92 Å². The van der Waals surface area contributed by atoms with Gasteiger partial charge in [-0.1, -0.05) is 20.3 Å². The van der Waals surface area contributed by atoms with Crippen LogP contribution in [0.2, 0.25) is 0 Å².